The Bertz CT molecular complexity index is 776. The van der Waals surface area contributed by atoms with Crippen molar-refractivity contribution >= 4 is 23.0 Å². The lowest BCUT2D eigenvalue weighted by molar-refractivity contribution is 0.414. The summed E-state index contributed by atoms with van der Waals surface area (Å²) in [5.41, 5.74) is 1.21. The zero-order chi connectivity index (χ0) is 19.8. The van der Waals surface area contributed by atoms with Gasteiger partial charge >= 0.3 is 0 Å². The molecule has 1 atom stereocenters. The van der Waals surface area contributed by atoms with Crippen LogP contribution in [0, 0.1) is 6.92 Å². The predicted octanol–water partition coefficient (Wildman–Crippen LogP) is 3.23. The number of aliphatic imine (C=N–C) groups is 1. The summed E-state index contributed by atoms with van der Waals surface area (Å²) < 4.78 is 5.38. The van der Waals surface area contributed by atoms with Gasteiger partial charge in [-0.2, -0.15) is 0 Å². The van der Waals surface area contributed by atoms with E-state index in [1.165, 1.54) is 10.6 Å². The van der Waals surface area contributed by atoms with Crippen LogP contribution in [0.4, 0.5) is 5.69 Å². The normalized spacial score (nSPS) is 17.5. The molecule has 2 aromatic rings. The second kappa shape index (κ2) is 10.3. The molecule has 1 aliphatic rings. The van der Waals surface area contributed by atoms with Crippen LogP contribution in [0.3, 0.4) is 0 Å². The van der Waals surface area contributed by atoms with E-state index in [9.17, 15) is 0 Å². The van der Waals surface area contributed by atoms with Gasteiger partial charge in [-0.15, -0.1) is 11.3 Å². The molecule has 152 valence electrons. The van der Waals surface area contributed by atoms with Gasteiger partial charge in [0.05, 0.1) is 12.1 Å². The molecule has 6 nitrogen and oxygen atoms in total. The van der Waals surface area contributed by atoms with E-state index in [2.05, 4.69) is 52.6 Å². The summed E-state index contributed by atoms with van der Waals surface area (Å²) in [5, 5.41) is 8.16. The fraction of sp³-hybridized carbons (Fsp3) is 0.524. The van der Waals surface area contributed by atoms with Crippen molar-refractivity contribution in [2.75, 3.05) is 38.2 Å². The van der Waals surface area contributed by atoms with Gasteiger partial charge in [-0.3, -0.25) is 4.99 Å². The average Bonchev–Trinajstić information content (AvgIpc) is 3.13. The van der Waals surface area contributed by atoms with Crippen molar-refractivity contribution in [2.45, 2.75) is 39.2 Å². The van der Waals surface area contributed by atoms with Crippen LogP contribution in [-0.2, 0) is 6.42 Å². The van der Waals surface area contributed by atoms with Crippen molar-refractivity contribution in [2.24, 2.45) is 4.99 Å². The number of piperidine rings is 1. The van der Waals surface area contributed by atoms with Crippen molar-refractivity contribution in [3.63, 3.8) is 0 Å². The summed E-state index contributed by atoms with van der Waals surface area (Å²) in [4.78, 5) is 12.9. The maximum atomic E-state index is 5.38. The van der Waals surface area contributed by atoms with E-state index < -0.39 is 0 Å². The Hall–Kier alpha value is -2.28. The topological polar surface area (TPSA) is 61.8 Å². The van der Waals surface area contributed by atoms with Gasteiger partial charge in [-0.25, -0.2) is 4.98 Å². The van der Waals surface area contributed by atoms with Crippen LogP contribution in [0.5, 0.6) is 5.75 Å². The molecule has 1 aromatic carbocycles. The van der Waals surface area contributed by atoms with E-state index in [4.69, 9.17) is 9.73 Å². The Morgan fingerprint density at radius 3 is 3.07 bits per heavy atom. The molecule has 1 fully saturated rings. The van der Waals surface area contributed by atoms with Gasteiger partial charge in [0.1, 0.15) is 5.75 Å². The summed E-state index contributed by atoms with van der Waals surface area (Å²) in [6, 6.07) is 8.68. The molecule has 2 heterocycles. The minimum Gasteiger partial charge on any atom is -0.497 e. The number of guanidine groups is 1. The molecule has 1 unspecified atom stereocenters. The average molecular weight is 402 g/mol. The standard InChI is InChI=1S/C21H31N5OS/c1-4-22-21(23-11-10-20-24-14-16(2)28-20)25-17-7-6-12-26(15-17)18-8-5-9-19(13-18)27-3/h5,8-9,13-14,17H,4,6-7,10-12,15H2,1-3H3,(H2,22,23,25). The number of hydrogen-bond donors (Lipinski definition) is 2. The number of aromatic nitrogens is 1. The Morgan fingerprint density at radius 2 is 2.32 bits per heavy atom. The van der Waals surface area contributed by atoms with Gasteiger partial charge in [-0.05, 0) is 38.8 Å². The first kappa shape index (κ1) is 20.5. The number of nitrogens with one attached hydrogen (secondary N) is 2. The van der Waals surface area contributed by atoms with E-state index in [-0.39, 0.29) is 0 Å². The third kappa shape index (κ3) is 5.86. The molecule has 0 spiro atoms. The number of nitrogens with zero attached hydrogens (tertiary/aromatic N) is 3. The zero-order valence-corrected chi connectivity index (χ0v) is 17.9. The molecule has 1 aromatic heterocycles. The second-order valence-electron chi connectivity index (χ2n) is 7.01. The van der Waals surface area contributed by atoms with E-state index >= 15 is 0 Å². The van der Waals surface area contributed by atoms with Gasteiger partial charge in [0, 0.05) is 61.5 Å². The maximum absolute atomic E-state index is 5.38. The molecular formula is C21H31N5OS. The number of thiazole rings is 1. The fourth-order valence-corrected chi connectivity index (χ4v) is 4.21. The van der Waals surface area contributed by atoms with Crippen LogP contribution in [0.15, 0.2) is 35.5 Å². The molecule has 2 N–H and O–H groups in total. The van der Waals surface area contributed by atoms with Crippen molar-refractivity contribution < 1.29 is 4.74 Å². The van der Waals surface area contributed by atoms with Crippen molar-refractivity contribution in [3.05, 3.63) is 40.3 Å². The van der Waals surface area contributed by atoms with Gasteiger partial charge < -0.3 is 20.3 Å². The number of anilines is 1. The lowest BCUT2D eigenvalue weighted by atomic mass is 10.0. The smallest absolute Gasteiger partial charge is 0.191 e. The van der Waals surface area contributed by atoms with Gasteiger partial charge in [0.15, 0.2) is 5.96 Å². The first-order valence-corrected chi connectivity index (χ1v) is 10.8. The van der Waals surface area contributed by atoms with Gasteiger partial charge in [0.25, 0.3) is 0 Å². The van der Waals surface area contributed by atoms with Crippen LogP contribution in [-0.4, -0.2) is 50.3 Å². The highest BCUT2D eigenvalue weighted by Crippen LogP contribution is 2.24. The molecule has 0 radical (unpaired) electrons. The van der Waals surface area contributed by atoms with Gasteiger partial charge in [-0.1, -0.05) is 6.07 Å². The maximum Gasteiger partial charge on any atom is 0.191 e. The highest BCUT2D eigenvalue weighted by molar-refractivity contribution is 7.11. The van der Waals surface area contributed by atoms with Crippen LogP contribution in [0.1, 0.15) is 29.7 Å². The Labute approximate surface area is 172 Å². The van der Waals surface area contributed by atoms with Crippen molar-refractivity contribution in [3.8, 4) is 5.75 Å². The number of rotatable bonds is 7. The number of ether oxygens (including phenoxy) is 1. The second-order valence-corrected chi connectivity index (χ2v) is 8.33. The largest absolute Gasteiger partial charge is 0.497 e. The molecular weight excluding hydrogens is 370 g/mol. The van der Waals surface area contributed by atoms with Crippen LogP contribution in [0.2, 0.25) is 0 Å². The minimum absolute atomic E-state index is 0.375. The molecule has 1 saturated heterocycles. The zero-order valence-electron chi connectivity index (χ0n) is 17.1. The third-order valence-corrected chi connectivity index (χ3v) is 5.76. The molecule has 3 rings (SSSR count). The number of hydrogen-bond acceptors (Lipinski definition) is 5. The number of aryl methyl sites for hydroxylation is 1. The Balaban J connectivity index is 1.57. The molecule has 28 heavy (non-hydrogen) atoms. The first-order chi connectivity index (χ1) is 13.7. The summed E-state index contributed by atoms with van der Waals surface area (Å²) >= 11 is 1.75. The predicted molar refractivity (Wildman–Crippen MR) is 118 cm³/mol. The molecule has 7 heteroatoms. The minimum atomic E-state index is 0.375. The summed E-state index contributed by atoms with van der Waals surface area (Å²) in [7, 11) is 1.71. The van der Waals surface area contributed by atoms with E-state index in [0.29, 0.717) is 6.04 Å². The summed E-state index contributed by atoms with van der Waals surface area (Å²) in [5.74, 6) is 1.80. The summed E-state index contributed by atoms with van der Waals surface area (Å²) in [6.45, 7) is 7.83. The lowest BCUT2D eigenvalue weighted by Gasteiger charge is -2.35. The Morgan fingerprint density at radius 1 is 1.43 bits per heavy atom. The first-order valence-electron chi connectivity index (χ1n) is 10.0. The van der Waals surface area contributed by atoms with Crippen LogP contribution < -0.4 is 20.3 Å². The monoisotopic (exact) mass is 401 g/mol. The highest BCUT2D eigenvalue weighted by atomic mass is 32.1. The SMILES string of the molecule is CCNC(=NCCc1ncc(C)s1)NC1CCCN(c2cccc(OC)c2)C1. The van der Waals surface area contributed by atoms with E-state index in [1.807, 2.05) is 12.3 Å². The van der Waals surface area contributed by atoms with E-state index in [1.54, 1.807) is 18.4 Å². The molecule has 0 amide bonds. The van der Waals surface area contributed by atoms with E-state index in [0.717, 1.165) is 62.2 Å². The van der Waals surface area contributed by atoms with Crippen molar-refractivity contribution in [1.82, 2.24) is 15.6 Å². The van der Waals surface area contributed by atoms with Crippen LogP contribution in [0.25, 0.3) is 0 Å². The highest BCUT2D eigenvalue weighted by Gasteiger charge is 2.21. The fourth-order valence-electron chi connectivity index (χ4n) is 3.43. The number of benzene rings is 1. The quantitative estimate of drug-likeness (QED) is 0.551. The van der Waals surface area contributed by atoms with Crippen molar-refractivity contribution in [1.29, 1.82) is 0 Å². The molecule has 1 aliphatic heterocycles. The Kier molecular flexibility index (Phi) is 7.54. The molecule has 0 aliphatic carbocycles. The summed E-state index contributed by atoms with van der Waals surface area (Å²) in [6.07, 6.45) is 5.13. The van der Waals surface area contributed by atoms with Gasteiger partial charge in [0.2, 0.25) is 0 Å². The third-order valence-electron chi connectivity index (χ3n) is 4.79. The van der Waals surface area contributed by atoms with Crippen LogP contribution >= 0.6 is 11.3 Å². The molecule has 0 saturated carbocycles. The number of methoxy groups -OCH3 is 1. The molecule has 0 bridgehead atoms. The lowest BCUT2D eigenvalue weighted by Crippen LogP contribution is -2.51.